The third-order valence-corrected chi connectivity index (χ3v) is 2.11. The molecule has 0 spiro atoms. The molecule has 62 valence electrons. The van der Waals surface area contributed by atoms with E-state index in [-0.39, 0.29) is 0 Å². The third kappa shape index (κ3) is 2.04. The van der Waals surface area contributed by atoms with Gasteiger partial charge in [-0.25, -0.2) is 0 Å². The molecule has 1 aromatic carbocycles. The minimum absolute atomic E-state index is 0.787. The lowest BCUT2D eigenvalue weighted by Gasteiger charge is -2.12. The van der Waals surface area contributed by atoms with E-state index in [1.165, 1.54) is 18.2 Å². The smallest absolute Gasteiger partial charge is 0.184 e. The summed E-state index contributed by atoms with van der Waals surface area (Å²) in [6.07, 6.45) is 0. The molecule has 5 heteroatoms. The van der Waals surface area contributed by atoms with Crippen molar-refractivity contribution in [3.05, 3.63) is 30.3 Å². The van der Waals surface area contributed by atoms with Gasteiger partial charge in [0.2, 0.25) is 0 Å². The number of hydrogen-bond acceptors (Lipinski definition) is 1. The maximum absolute atomic E-state index is 12.0. The first-order chi connectivity index (χ1) is 4.86. The monoisotopic (exact) mass is 182 g/mol. The maximum Gasteiger partial charge on any atom is 0.321 e. The van der Waals surface area contributed by atoms with Crippen LogP contribution in [-0.4, -0.2) is 4.21 Å². The molecule has 11 heavy (non-hydrogen) atoms. The quantitative estimate of drug-likeness (QED) is 0.610. The van der Waals surface area contributed by atoms with Gasteiger partial charge >= 0.3 is 10.2 Å². The zero-order valence-electron chi connectivity index (χ0n) is 5.34. The Balaban J connectivity index is 3.26. The SMILES string of the molecule is O=S(F)(F)(F)c1ccccc1. The fourth-order valence-electron chi connectivity index (χ4n) is 0.630. The molecule has 0 amide bonds. The normalized spacial score (nSPS) is 15.4. The second kappa shape index (κ2) is 2.07. The van der Waals surface area contributed by atoms with E-state index in [9.17, 15) is 15.9 Å². The van der Waals surface area contributed by atoms with E-state index >= 15 is 0 Å². The van der Waals surface area contributed by atoms with E-state index in [0.717, 1.165) is 12.1 Å². The van der Waals surface area contributed by atoms with Crippen molar-refractivity contribution in [3.63, 3.8) is 0 Å². The van der Waals surface area contributed by atoms with Gasteiger partial charge in [-0.2, -0.15) is 4.21 Å². The molecule has 0 saturated heterocycles. The number of halogens is 3. The van der Waals surface area contributed by atoms with Gasteiger partial charge in [0, 0.05) is 0 Å². The Labute approximate surface area is 62.1 Å². The van der Waals surface area contributed by atoms with Crippen molar-refractivity contribution in [2.24, 2.45) is 0 Å². The molecule has 0 atom stereocenters. The molecule has 0 heterocycles. The first-order valence-electron chi connectivity index (χ1n) is 2.74. The second-order valence-corrected chi connectivity index (χ2v) is 3.82. The van der Waals surface area contributed by atoms with Crippen LogP contribution in [0.3, 0.4) is 0 Å². The molecular weight excluding hydrogens is 177 g/mol. The predicted molar refractivity (Wildman–Crippen MR) is 36.2 cm³/mol. The number of rotatable bonds is 1. The first kappa shape index (κ1) is 8.26. The van der Waals surface area contributed by atoms with Gasteiger partial charge in [-0.15, -0.1) is 0 Å². The summed E-state index contributed by atoms with van der Waals surface area (Å²) in [6.45, 7) is 0. The number of hydrogen-bond donors (Lipinski definition) is 0. The Morgan fingerprint density at radius 2 is 1.45 bits per heavy atom. The lowest BCUT2D eigenvalue weighted by molar-refractivity contribution is 0.471. The van der Waals surface area contributed by atoms with Crippen molar-refractivity contribution in [2.75, 3.05) is 0 Å². The molecule has 0 unspecified atom stereocenters. The fourth-order valence-corrected chi connectivity index (χ4v) is 1.21. The van der Waals surface area contributed by atoms with E-state index in [4.69, 9.17) is 0 Å². The molecule has 0 bridgehead atoms. The van der Waals surface area contributed by atoms with Crippen LogP contribution in [0.2, 0.25) is 0 Å². The Morgan fingerprint density at radius 3 is 1.73 bits per heavy atom. The summed E-state index contributed by atoms with van der Waals surface area (Å²) in [6, 6.07) is 5.40. The van der Waals surface area contributed by atoms with E-state index in [2.05, 4.69) is 0 Å². The summed E-state index contributed by atoms with van der Waals surface area (Å²) in [4.78, 5) is -1.07. The van der Waals surface area contributed by atoms with Gasteiger partial charge < -0.3 is 0 Å². The topological polar surface area (TPSA) is 17.1 Å². The van der Waals surface area contributed by atoms with Gasteiger partial charge in [-0.1, -0.05) is 29.9 Å². The summed E-state index contributed by atoms with van der Waals surface area (Å²) in [7, 11) is -7.01. The molecule has 0 aliphatic rings. The zero-order valence-corrected chi connectivity index (χ0v) is 6.15. The Morgan fingerprint density at radius 1 is 1.00 bits per heavy atom. The Bertz CT molecular complexity index is 305. The standard InChI is InChI=1S/C6H5F3OS/c7-11(8,9,10)6-4-2-1-3-5-6/h1-5H. The molecule has 1 aromatic rings. The predicted octanol–water partition coefficient (Wildman–Crippen LogP) is 2.52. The summed E-state index contributed by atoms with van der Waals surface area (Å²) in [5, 5.41) is 0. The minimum atomic E-state index is -7.01. The molecule has 0 aromatic heterocycles. The van der Waals surface area contributed by atoms with Gasteiger partial charge in [0.15, 0.2) is 0 Å². The summed E-state index contributed by atoms with van der Waals surface area (Å²) < 4.78 is 46.1. The summed E-state index contributed by atoms with van der Waals surface area (Å²) >= 11 is 0. The average Bonchev–Trinajstić information content (AvgIpc) is 1.86. The van der Waals surface area contributed by atoms with Crippen LogP contribution in [0.4, 0.5) is 11.7 Å². The average molecular weight is 182 g/mol. The molecule has 0 saturated carbocycles. The Kier molecular flexibility index (Phi) is 1.56. The van der Waals surface area contributed by atoms with Gasteiger partial charge in [-0.05, 0) is 12.1 Å². The van der Waals surface area contributed by atoms with E-state index in [1.54, 1.807) is 0 Å². The highest BCUT2D eigenvalue weighted by molar-refractivity contribution is 8.06. The first-order valence-corrected chi connectivity index (χ1v) is 4.41. The maximum atomic E-state index is 12.0. The zero-order chi connectivity index (χ0) is 8.56. The van der Waals surface area contributed by atoms with Crippen molar-refractivity contribution < 1.29 is 15.9 Å². The molecule has 1 nitrogen and oxygen atoms in total. The molecule has 0 fully saturated rings. The van der Waals surface area contributed by atoms with Crippen molar-refractivity contribution in [2.45, 2.75) is 4.90 Å². The lowest BCUT2D eigenvalue weighted by atomic mass is 10.4. The van der Waals surface area contributed by atoms with Crippen molar-refractivity contribution in [1.82, 2.24) is 0 Å². The van der Waals surface area contributed by atoms with Gasteiger partial charge in [0.1, 0.15) is 4.90 Å². The summed E-state index contributed by atoms with van der Waals surface area (Å²) in [5.74, 6) is 0. The third-order valence-electron chi connectivity index (χ3n) is 1.11. The number of benzene rings is 1. The highest BCUT2D eigenvalue weighted by Crippen LogP contribution is 2.39. The van der Waals surface area contributed by atoms with Crippen LogP contribution in [0.1, 0.15) is 0 Å². The van der Waals surface area contributed by atoms with E-state index < -0.39 is 15.1 Å². The summed E-state index contributed by atoms with van der Waals surface area (Å²) in [5.41, 5.74) is 0. The Hall–Kier alpha value is -0.840. The highest BCUT2D eigenvalue weighted by atomic mass is 32.4. The van der Waals surface area contributed by atoms with Crippen LogP contribution < -0.4 is 0 Å². The van der Waals surface area contributed by atoms with Gasteiger partial charge in [0.05, 0.1) is 0 Å². The molecule has 0 aliphatic carbocycles. The van der Waals surface area contributed by atoms with Crippen LogP contribution in [-0.2, 0) is 10.2 Å². The highest BCUT2D eigenvalue weighted by Gasteiger charge is 2.36. The largest absolute Gasteiger partial charge is 0.321 e. The van der Waals surface area contributed by atoms with Crippen LogP contribution in [0.5, 0.6) is 0 Å². The molecular formula is C6H5F3OS. The van der Waals surface area contributed by atoms with Gasteiger partial charge in [-0.3, -0.25) is 0 Å². The van der Waals surface area contributed by atoms with Crippen LogP contribution in [0, 0.1) is 0 Å². The second-order valence-electron chi connectivity index (χ2n) is 1.99. The molecule has 0 N–H and O–H groups in total. The molecule has 1 rings (SSSR count). The van der Waals surface area contributed by atoms with Gasteiger partial charge in [0.25, 0.3) is 0 Å². The lowest BCUT2D eigenvalue weighted by Crippen LogP contribution is -2.10. The van der Waals surface area contributed by atoms with Crippen LogP contribution >= 0.6 is 0 Å². The van der Waals surface area contributed by atoms with Crippen LogP contribution in [0.25, 0.3) is 0 Å². The van der Waals surface area contributed by atoms with Crippen LogP contribution in [0.15, 0.2) is 35.2 Å². The minimum Gasteiger partial charge on any atom is -0.184 e. The molecule has 0 radical (unpaired) electrons. The van der Waals surface area contributed by atoms with Crippen molar-refractivity contribution in [3.8, 4) is 0 Å². The molecule has 0 aliphatic heterocycles. The van der Waals surface area contributed by atoms with Crippen molar-refractivity contribution in [1.29, 1.82) is 0 Å². The van der Waals surface area contributed by atoms with E-state index in [1.807, 2.05) is 0 Å². The van der Waals surface area contributed by atoms with Crippen molar-refractivity contribution >= 4 is 10.2 Å². The fraction of sp³-hybridized carbons (Fsp3) is 0. The van der Waals surface area contributed by atoms with E-state index in [0.29, 0.717) is 0 Å².